The first-order valence-corrected chi connectivity index (χ1v) is 51.1. The molecule has 9 heteroatoms. The van der Waals surface area contributed by atoms with Gasteiger partial charge in [-0.15, -0.1) is 0 Å². The maximum atomic E-state index is 4.85. The number of benzene rings is 21. The van der Waals surface area contributed by atoms with Crippen LogP contribution >= 0.6 is 0 Å². The minimum absolute atomic E-state index is 1.01. The number of para-hydroxylation sites is 3. The molecule has 30 rings (SSSR count). The molecule has 0 aliphatic heterocycles. The molecule has 0 saturated carbocycles. The van der Waals surface area contributed by atoms with Crippen LogP contribution in [-0.4, -0.2) is 42.4 Å². The molecule has 0 aliphatic carbocycles. The molecule has 21 aromatic carbocycles. The van der Waals surface area contributed by atoms with Crippen LogP contribution in [0.2, 0.25) is 0 Å². The van der Waals surface area contributed by atoms with Crippen LogP contribution in [0, 0.1) is 0 Å². The highest BCUT2D eigenvalue weighted by Gasteiger charge is 2.25. The molecule has 0 radical (unpaired) electrons. The summed E-state index contributed by atoms with van der Waals surface area (Å²) in [6.45, 7) is 0. The minimum atomic E-state index is 1.01. The van der Waals surface area contributed by atoms with Crippen LogP contribution in [0.5, 0.6) is 0 Å². The molecular formula is C141H93N9. The van der Waals surface area contributed by atoms with Gasteiger partial charge in [-0.1, -0.05) is 364 Å². The molecule has 0 fully saturated rings. The summed E-state index contributed by atoms with van der Waals surface area (Å²) < 4.78 is 14.3. The van der Waals surface area contributed by atoms with Gasteiger partial charge >= 0.3 is 0 Å². The molecule has 0 unspecified atom stereocenters. The second-order valence-corrected chi connectivity index (χ2v) is 38.6. The van der Waals surface area contributed by atoms with E-state index in [1.807, 2.05) is 36.8 Å². The van der Waals surface area contributed by atoms with E-state index < -0.39 is 0 Å². The lowest BCUT2D eigenvalue weighted by Gasteiger charge is -2.12. The number of aromatic nitrogens is 9. The van der Waals surface area contributed by atoms with Crippen molar-refractivity contribution in [3.05, 3.63) is 565 Å². The molecular weight excluding hydrogens is 1820 g/mol. The Labute approximate surface area is 866 Å². The number of nitrogens with zero attached hydrogens (tertiary/aromatic N) is 9. The Morgan fingerprint density at radius 2 is 0.273 bits per heavy atom. The van der Waals surface area contributed by atoms with Gasteiger partial charge in [-0.25, -0.2) is 0 Å². The predicted molar refractivity (Wildman–Crippen MR) is 628 cm³/mol. The lowest BCUT2D eigenvalue weighted by Crippen LogP contribution is -1.95. The molecule has 0 atom stereocenters. The average Bonchev–Trinajstić information content (AvgIpc) is 1.59. The number of hydrogen-bond donors (Lipinski definition) is 0. The Balaban J connectivity index is 0.000000108. The van der Waals surface area contributed by atoms with E-state index in [1.54, 1.807) is 0 Å². The van der Waals surface area contributed by atoms with E-state index in [0.29, 0.717) is 0 Å². The Kier molecular flexibility index (Phi) is 21.8. The third-order valence-corrected chi connectivity index (χ3v) is 29.9. The van der Waals surface area contributed by atoms with Crippen molar-refractivity contribution < 1.29 is 0 Å². The molecule has 9 aromatic heterocycles. The molecule has 0 amide bonds. The van der Waals surface area contributed by atoms with Gasteiger partial charge in [0.15, 0.2) is 0 Å². The van der Waals surface area contributed by atoms with Crippen LogP contribution in [-0.2, 0) is 0 Å². The van der Waals surface area contributed by atoms with Crippen molar-refractivity contribution in [2.45, 2.75) is 0 Å². The van der Waals surface area contributed by atoms with E-state index in [-0.39, 0.29) is 0 Å². The van der Waals surface area contributed by atoms with Crippen molar-refractivity contribution in [1.82, 2.24) is 42.4 Å². The highest BCUT2D eigenvalue weighted by atomic mass is 15.0. The summed E-state index contributed by atoms with van der Waals surface area (Å²) in [5.41, 5.74) is 45.2. The van der Waals surface area contributed by atoms with Crippen molar-refractivity contribution in [3.8, 4) is 134 Å². The van der Waals surface area contributed by atoms with Gasteiger partial charge in [0.25, 0.3) is 0 Å². The van der Waals surface area contributed by atoms with Crippen molar-refractivity contribution in [2.24, 2.45) is 0 Å². The fourth-order valence-electron chi connectivity index (χ4n) is 22.8. The van der Waals surface area contributed by atoms with E-state index in [0.717, 1.165) is 105 Å². The quantitative estimate of drug-likeness (QED) is 0.103. The molecule has 150 heavy (non-hydrogen) atoms. The monoisotopic (exact) mass is 1910 g/mol. The Morgan fingerprint density at radius 1 is 0.100 bits per heavy atom. The Hall–Kier alpha value is -20.1. The van der Waals surface area contributed by atoms with Crippen molar-refractivity contribution >= 4 is 131 Å². The smallest absolute Gasteiger partial charge is 0.0963 e. The summed E-state index contributed by atoms with van der Waals surface area (Å²) in [4.78, 5) is 14.5. The SMILES string of the molecule is c1ccc(-c2ccc(-n3c4cc(-c5ccc6c7ccccc7n(-c7cccc(-c8ccccc8)c7)c6c5)ccc4c4ncccc43)cc2)cc1.c1ccc(-c2ccc(-n3c4ccccc4c4ccc(-c5ccc6c7ncccc7n(-c7ccc(-c8ccccc8)cc7)c6c5)cc43)cc2)cc1.c1ccc(-c2cccc(-n3c4ccccc4c4ccc(-c5ccc6c7ncccc7n(-c7cccc(-c8ccccc8)c7)c6c5)cc43)c2)cc1. The van der Waals surface area contributed by atoms with Gasteiger partial charge in [-0.2, -0.15) is 0 Å². The average molecular weight is 1910 g/mol. The van der Waals surface area contributed by atoms with Crippen LogP contribution < -0.4 is 0 Å². The summed E-state index contributed by atoms with van der Waals surface area (Å²) >= 11 is 0. The third kappa shape index (κ3) is 15.5. The zero-order chi connectivity index (χ0) is 99.1. The summed E-state index contributed by atoms with van der Waals surface area (Å²) in [6.07, 6.45) is 5.66. The van der Waals surface area contributed by atoms with Gasteiger partial charge in [0, 0.05) is 101 Å². The molecule has 0 aliphatic rings. The molecule has 9 heterocycles. The van der Waals surface area contributed by atoms with Crippen LogP contribution in [0.3, 0.4) is 0 Å². The van der Waals surface area contributed by atoms with Gasteiger partial charge in [-0.3, -0.25) is 15.0 Å². The van der Waals surface area contributed by atoms with Gasteiger partial charge in [-0.05, 0) is 282 Å². The lowest BCUT2D eigenvalue weighted by atomic mass is 10.0. The summed E-state index contributed by atoms with van der Waals surface area (Å²) in [7, 11) is 0. The zero-order valence-corrected chi connectivity index (χ0v) is 81.7. The van der Waals surface area contributed by atoms with E-state index in [9.17, 15) is 0 Å². The van der Waals surface area contributed by atoms with Crippen LogP contribution in [0.25, 0.3) is 265 Å². The van der Waals surface area contributed by atoms with Crippen molar-refractivity contribution in [3.63, 3.8) is 0 Å². The third-order valence-electron chi connectivity index (χ3n) is 29.9. The zero-order valence-electron chi connectivity index (χ0n) is 81.7. The number of pyridine rings is 3. The first kappa shape index (κ1) is 87.6. The standard InChI is InChI=1S/3C47H31N3/c1-3-12-32(13-4-1)34-16-9-18-38(28-34)49-43-21-8-7-20-40(43)41-25-23-36(30-45(41)49)37-24-26-42-46(31-37)50(44-22-11-27-48-47(42)44)39-19-10-17-35(29-39)33-14-5-2-6-15-33;1-3-11-32(12-4-1)34-20-24-38(25-21-34)49-44-19-10-28-48-47(44)42-27-23-37(31-46(42)49)36-22-26-41-40-17-7-8-18-43(40)50(45(41)30-36)39-16-9-15-35(29-39)33-13-5-2-6-14-33;1-3-10-32(11-4-1)34-17-23-38(24-18-34)49-43-15-8-7-14-40(43)41-27-21-36(30-45(41)49)37-22-28-42-46(31-37)50(44-16-9-29-48-47(42)44)39-25-19-35(20-26-39)33-12-5-2-6-13-33/h3*1-31H. The van der Waals surface area contributed by atoms with Gasteiger partial charge in [0.1, 0.15) is 0 Å². The van der Waals surface area contributed by atoms with Gasteiger partial charge in [0.05, 0.1) is 82.8 Å². The van der Waals surface area contributed by atoms with E-state index in [2.05, 4.69) is 555 Å². The van der Waals surface area contributed by atoms with Gasteiger partial charge < -0.3 is 27.4 Å². The maximum Gasteiger partial charge on any atom is 0.0963 e. The Morgan fingerprint density at radius 3 is 0.540 bits per heavy atom. The molecule has 0 N–H and O–H groups in total. The van der Waals surface area contributed by atoms with E-state index >= 15 is 0 Å². The first-order chi connectivity index (χ1) is 74.4. The molecule has 9 nitrogen and oxygen atoms in total. The topological polar surface area (TPSA) is 68.2 Å². The van der Waals surface area contributed by atoms with Crippen molar-refractivity contribution in [2.75, 3.05) is 0 Å². The highest BCUT2D eigenvalue weighted by molar-refractivity contribution is 6.16. The Bertz CT molecular complexity index is 10000. The second kappa shape index (κ2) is 37.2. The summed E-state index contributed by atoms with van der Waals surface area (Å²) in [5, 5.41) is 10.9. The molecule has 30 aromatic rings. The molecule has 0 bridgehead atoms. The van der Waals surface area contributed by atoms with Crippen LogP contribution in [0.4, 0.5) is 0 Å². The van der Waals surface area contributed by atoms with Crippen LogP contribution in [0.15, 0.2) is 565 Å². The normalized spacial score (nSPS) is 11.6. The highest BCUT2D eigenvalue weighted by Crippen LogP contribution is 2.46. The van der Waals surface area contributed by atoms with E-state index in [1.165, 1.54) is 160 Å². The maximum absolute atomic E-state index is 4.85. The summed E-state index contributed by atoms with van der Waals surface area (Å²) in [6, 6.07) is 196. The molecule has 0 spiro atoms. The first-order valence-electron chi connectivity index (χ1n) is 51.1. The fraction of sp³-hybridized carbons (Fsp3) is 0. The number of rotatable bonds is 15. The molecule has 0 saturated heterocycles. The van der Waals surface area contributed by atoms with Crippen LogP contribution in [0.1, 0.15) is 0 Å². The molecule has 702 valence electrons. The fourth-order valence-corrected chi connectivity index (χ4v) is 22.8. The van der Waals surface area contributed by atoms with Gasteiger partial charge in [0.2, 0.25) is 0 Å². The van der Waals surface area contributed by atoms with E-state index in [4.69, 9.17) is 15.0 Å². The number of fused-ring (bicyclic) bond motifs is 18. The predicted octanol–water partition coefficient (Wildman–Crippen LogP) is 36.8. The van der Waals surface area contributed by atoms with Crippen molar-refractivity contribution in [1.29, 1.82) is 0 Å². The minimum Gasteiger partial charge on any atom is -0.309 e. The second-order valence-electron chi connectivity index (χ2n) is 38.6. The lowest BCUT2D eigenvalue weighted by molar-refractivity contribution is 1.17. The summed E-state index contributed by atoms with van der Waals surface area (Å²) in [5.74, 6) is 0. The number of hydrogen-bond acceptors (Lipinski definition) is 3. The largest absolute Gasteiger partial charge is 0.309 e.